The third kappa shape index (κ3) is 1.28. The zero-order valence-corrected chi connectivity index (χ0v) is 9.47. The highest BCUT2D eigenvalue weighted by Crippen LogP contribution is 2.56. The summed E-state index contributed by atoms with van der Waals surface area (Å²) in [5.74, 6) is 1.59. The van der Waals surface area contributed by atoms with Crippen LogP contribution in [0.5, 0.6) is 5.75 Å². The van der Waals surface area contributed by atoms with Gasteiger partial charge in [-0.2, -0.15) is 0 Å². The lowest BCUT2D eigenvalue weighted by molar-refractivity contribution is 0.414. The first-order valence-electron chi connectivity index (χ1n) is 5.31. The molecule has 0 amide bonds. The molecule has 2 nitrogen and oxygen atoms in total. The van der Waals surface area contributed by atoms with Gasteiger partial charge in [0.1, 0.15) is 5.75 Å². The van der Waals surface area contributed by atoms with Crippen LogP contribution < -0.4 is 10.1 Å². The lowest BCUT2D eigenvalue weighted by Gasteiger charge is -2.13. The Bertz CT molecular complexity index is 407. The number of nitrogens with one attached hydrogen (secondary N) is 1. The second-order valence-corrected chi connectivity index (χ2v) is 4.94. The Labute approximate surface area is 94.6 Å². The van der Waals surface area contributed by atoms with E-state index in [1.54, 1.807) is 7.11 Å². The third-order valence-electron chi connectivity index (χ3n) is 3.79. The lowest BCUT2D eigenvalue weighted by Crippen LogP contribution is -2.19. The third-order valence-corrected chi connectivity index (χ3v) is 4.09. The molecule has 1 saturated carbocycles. The normalized spacial score (nSPS) is 32.5. The van der Waals surface area contributed by atoms with Crippen LogP contribution in [0.3, 0.4) is 0 Å². The van der Waals surface area contributed by atoms with Crippen LogP contribution in [-0.2, 0) is 5.41 Å². The van der Waals surface area contributed by atoms with Gasteiger partial charge in [-0.25, -0.2) is 0 Å². The molecule has 1 aromatic carbocycles. The minimum atomic E-state index is 0.385. The number of hydrogen-bond acceptors (Lipinski definition) is 2. The number of ether oxygens (including phenoxy) is 1. The summed E-state index contributed by atoms with van der Waals surface area (Å²) in [6.07, 6.45) is 1.31. The standard InChI is InChI=1S/C12H14ClNO/c1-15-11-3-2-8(4-10(11)13)12-5-9(12)6-14-7-12/h2-4,9,14H,5-7H2,1H3/t9-,12+/m0/s1. The Morgan fingerprint density at radius 3 is 2.93 bits per heavy atom. The summed E-state index contributed by atoms with van der Waals surface area (Å²) in [4.78, 5) is 0. The summed E-state index contributed by atoms with van der Waals surface area (Å²) in [6, 6.07) is 6.19. The van der Waals surface area contributed by atoms with E-state index in [1.807, 2.05) is 6.07 Å². The molecule has 1 aromatic rings. The van der Waals surface area contributed by atoms with Crippen LogP contribution >= 0.6 is 11.6 Å². The summed E-state index contributed by atoms with van der Waals surface area (Å²) in [5, 5.41) is 4.16. The highest BCUT2D eigenvalue weighted by atomic mass is 35.5. The topological polar surface area (TPSA) is 21.3 Å². The minimum Gasteiger partial charge on any atom is -0.495 e. The summed E-state index contributed by atoms with van der Waals surface area (Å²) < 4.78 is 5.16. The molecular weight excluding hydrogens is 210 g/mol. The van der Waals surface area contributed by atoms with Crippen LogP contribution in [0.25, 0.3) is 0 Å². The van der Waals surface area contributed by atoms with Crippen LogP contribution in [-0.4, -0.2) is 20.2 Å². The van der Waals surface area contributed by atoms with Crippen LogP contribution in [0.2, 0.25) is 5.02 Å². The summed E-state index contributed by atoms with van der Waals surface area (Å²) in [5.41, 5.74) is 1.75. The summed E-state index contributed by atoms with van der Waals surface area (Å²) in [6.45, 7) is 2.25. The number of piperidine rings is 1. The molecule has 1 heterocycles. The van der Waals surface area contributed by atoms with Crippen LogP contribution in [0, 0.1) is 5.92 Å². The first-order chi connectivity index (χ1) is 7.26. The van der Waals surface area contributed by atoms with E-state index in [4.69, 9.17) is 16.3 Å². The smallest absolute Gasteiger partial charge is 0.137 e. The second kappa shape index (κ2) is 3.13. The number of benzene rings is 1. The molecule has 2 atom stereocenters. The van der Waals surface area contributed by atoms with Gasteiger partial charge in [-0.3, -0.25) is 0 Å². The Balaban J connectivity index is 1.97. The van der Waals surface area contributed by atoms with Crippen molar-refractivity contribution >= 4 is 11.6 Å². The van der Waals surface area contributed by atoms with Gasteiger partial charge in [0, 0.05) is 12.0 Å². The van der Waals surface area contributed by atoms with Gasteiger partial charge in [0.25, 0.3) is 0 Å². The van der Waals surface area contributed by atoms with Crippen molar-refractivity contribution in [2.24, 2.45) is 5.92 Å². The zero-order valence-electron chi connectivity index (χ0n) is 8.72. The molecule has 1 aliphatic carbocycles. The fourth-order valence-electron chi connectivity index (χ4n) is 2.77. The van der Waals surface area contributed by atoms with Crippen molar-refractivity contribution in [2.45, 2.75) is 11.8 Å². The van der Waals surface area contributed by atoms with Gasteiger partial charge in [-0.1, -0.05) is 17.7 Å². The maximum Gasteiger partial charge on any atom is 0.137 e. The molecule has 80 valence electrons. The fraction of sp³-hybridized carbons (Fsp3) is 0.500. The van der Waals surface area contributed by atoms with E-state index in [0.29, 0.717) is 5.41 Å². The Kier molecular flexibility index (Phi) is 1.98. The van der Waals surface area contributed by atoms with Crippen molar-refractivity contribution in [2.75, 3.05) is 20.2 Å². The van der Waals surface area contributed by atoms with Crippen molar-refractivity contribution in [1.29, 1.82) is 0 Å². The Morgan fingerprint density at radius 2 is 2.40 bits per heavy atom. The summed E-state index contributed by atoms with van der Waals surface area (Å²) in [7, 11) is 1.65. The molecule has 1 saturated heterocycles. The maximum atomic E-state index is 6.14. The average molecular weight is 224 g/mol. The second-order valence-electron chi connectivity index (χ2n) is 4.54. The van der Waals surface area contributed by atoms with Crippen molar-refractivity contribution in [3.63, 3.8) is 0 Å². The monoisotopic (exact) mass is 223 g/mol. The first-order valence-corrected chi connectivity index (χ1v) is 5.69. The molecule has 3 rings (SSSR count). The molecule has 1 N–H and O–H groups in total. The lowest BCUT2D eigenvalue weighted by atomic mass is 9.95. The molecule has 0 bridgehead atoms. The SMILES string of the molecule is COc1ccc([C@@]23CNC[C@@H]2C3)cc1Cl. The van der Waals surface area contributed by atoms with E-state index in [1.165, 1.54) is 12.0 Å². The van der Waals surface area contributed by atoms with Crippen molar-refractivity contribution in [3.8, 4) is 5.75 Å². The van der Waals surface area contributed by atoms with E-state index >= 15 is 0 Å². The number of fused-ring (bicyclic) bond motifs is 1. The van der Waals surface area contributed by atoms with Gasteiger partial charge in [0.05, 0.1) is 12.1 Å². The molecule has 2 fully saturated rings. The van der Waals surface area contributed by atoms with Crippen molar-refractivity contribution in [1.82, 2.24) is 5.32 Å². The van der Waals surface area contributed by atoms with Crippen molar-refractivity contribution in [3.05, 3.63) is 28.8 Å². The molecule has 0 radical (unpaired) electrons. The molecule has 2 aliphatic rings. The molecule has 0 spiro atoms. The molecule has 3 heteroatoms. The van der Waals surface area contributed by atoms with Crippen LogP contribution in [0.4, 0.5) is 0 Å². The van der Waals surface area contributed by atoms with Gasteiger partial charge < -0.3 is 10.1 Å². The molecule has 0 aromatic heterocycles. The fourth-order valence-corrected chi connectivity index (χ4v) is 3.02. The number of halogens is 1. The average Bonchev–Trinajstić information content (AvgIpc) is 2.82. The van der Waals surface area contributed by atoms with Crippen molar-refractivity contribution < 1.29 is 4.74 Å². The van der Waals surface area contributed by atoms with Crippen LogP contribution in [0.15, 0.2) is 18.2 Å². The molecule has 15 heavy (non-hydrogen) atoms. The maximum absolute atomic E-state index is 6.14. The highest BCUT2D eigenvalue weighted by molar-refractivity contribution is 6.32. The van der Waals surface area contributed by atoms with Crippen LogP contribution in [0.1, 0.15) is 12.0 Å². The Hall–Kier alpha value is -0.730. The quantitative estimate of drug-likeness (QED) is 0.830. The molecular formula is C12H14ClNO. The summed E-state index contributed by atoms with van der Waals surface area (Å²) >= 11 is 6.14. The predicted octanol–water partition coefficient (Wildman–Crippen LogP) is 2.21. The zero-order chi connectivity index (χ0) is 10.5. The van der Waals surface area contributed by atoms with Gasteiger partial charge in [-0.15, -0.1) is 0 Å². The van der Waals surface area contributed by atoms with Gasteiger partial charge >= 0.3 is 0 Å². The number of hydrogen-bond donors (Lipinski definition) is 1. The first kappa shape index (κ1) is 9.49. The number of rotatable bonds is 2. The number of methoxy groups -OCH3 is 1. The van der Waals surface area contributed by atoms with E-state index in [-0.39, 0.29) is 0 Å². The van der Waals surface area contributed by atoms with E-state index in [2.05, 4.69) is 17.4 Å². The van der Waals surface area contributed by atoms with E-state index in [9.17, 15) is 0 Å². The molecule has 0 unspecified atom stereocenters. The largest absolute Gasteiger partial charge is 0.495 e. The van der Waals surface area contributed by atoms with Gasteiger partial charge in [0.2, 0.25) is 0 Å². The van der Waals surface area contributed by atoms with E-state index in [0.717, 1.165) is 29.8 Å². The minimum absolute atomic E-state index is 0.385. The van der Waals surface area contributed by atoms with E-state index < -0.39 is 0 Å². The Morgan fingerprint density at radius 1 is 1.53 bits per heavy atom. The predicted molar refractivity (Wildman–Crippen MR) is 60.7 cm³/mol. The highest BCUT2D eigenvalue weighted by Gasteiger charge is 2.58. The van der Waals surface area contributed by atoms with Gasteiger partial charge in [-0.05, 0) is 36.6 Å². The van der Waals surface area contributed by atoms with Gasteiger partial charge in [0.15, 0.2) is 0 Å². The molecule has 1 aliphatic heterocycles.